The van der Waals surface area contributed by atoms with E-state index in [9.17, 15) is 4.79 Å². The van der Waals surface area contributed by atoms with Gasteiger partial charge in [0, 0.05) is 12.0 Å². The Labute approximate surface area is 128 Å². The summed E-state index contributed by atoms with van der Waals surface area (Å²) in [6.45, 7) is 4.46. The van der Waals surface area contributed by atoms with Crippen LogP contribution in [0.25, 0.3) is 11.6 Å². The van der Waals surface area contributed by atoms with E-state index >= 15 is 0 Å². The summed E-state index contributed by atoms with van der Waals surface area (Å²) in [5.74, 6) is 1.19. The first-order valence-corrected chi connectivity index (χ1v) is 7.23. The molecule has 112 valence electrons. The molecule has 5 heteroatoms. The lowest BCUT2D eigenvalue weighted by molar-refractivity contribution is 0.416. The molecule has 0 fully saturated rings. The second kappa shape index (κ2) is 5.97. The molecule has 5 nitrogen and oxygen atoms in total. The monoisotopic (exact) mass is 295 g/mol. The van der Waals surface area contributed by atoms with Gasteiger partial charge in [-0.2, -0.15) is 4.98 Å². The number of benzene rings is 1. The highest BCUT2D eigenvalue weighted by molar-refractivity contribution is 5.47. The molecule has 2 heterocycles. The molecule has 0 saturated heterocycles. The molecular formula is C17H17N3O2. The van der Waals surface area contributed by atoms with Crippen LogP contribution in [0.4, 0.5) is 0 Å². The third-order valence-corrected chi connectivity index (χ3v) is 3.41. The number of hydrogen-bond acceptors (Lipinski definition) is 4. The van der Waals surface area contributed by atoms with Crippen LogP contribution in [-0.4, -0.2) is 14.7 Å². The minimum absolute atomic E-state index is 0.0920. The number of aromatic nitrogens is 3. The SMILES string of the molecule is CC(C)c1noc(-c2cccc(=O)n2Cc2ccccc2)n1. The molecule has 22 heavy (non-hydrogen) atoms. The minimum Gasteiger partial charge on any atom is -0.332 e. The molecule has 0 N–H and O–H groups in total. The Morgan fingerprint density at radius 2 is 1.86 bits per heavy atom. The molecule has 0 aliphatic rings. The third-order valence-electron chi connectivity index (χ3n) is 3.41. The maximum atomic E-state index is 12.2. The van der Waals surface area contributed by atoms with Crippen LogP contribution in [0.5, 0.6) is 0 Å². The summed E-state index contributed by atoms with van der Waals surface area (Å²) in [5.41, 5.74) is 1.59. The highest BCUT2D eigenvalue weighted by Crippen LogP contribution is 2.19. The van der Waals surface area contributed by atoms with Crippen LogP contribution < -0.4 is 5.56 Å². The van der Waals surface area contributed by atoms with E-state index < -0.39 is 0 Å². The van der Waals surface area contributed by atoms with Gasteiger partial charge in [0.2, 0.25) is 0 Å². The number of hydrogen-bond donors (Lipinski definition) is 0. The molecule has 3 rings (SSSR count). The zero-order valence-corrected chi connectivity index (χ0v) is 12.6. The number of rotatable bonds is 4. The van der Waals surface area contributed by atoms with Crippen LogP contribution >= 0.6 is 0 Å². The minimum atomic E-state index is -0.0920. The summed E-state index contributed by atoms with van der Waals surface area (Å²) in [6, 6.07) is 14.9. The normalized spacial score (nSPS) is 11.0. The van der Waals surface area contributed by atoms with Crippen molar-refractivity contribution < 1.29 is 4.52 Å². The highest BCUT2D eigenvalue weighted by atomic mass is 16.5. The molecule has 0 aliphatic heterocycles. The van der Waals surface area contributed by atoms with Gasteiger partial charge in [0.25, 0.3) is 11.4 Å². The summed E-state index contributed by atoms with van der Waals surface area (Å²) in [6.07, 6.45) is 0. The van der Waals surface area contributed by atoms with Crippen LogP contribution in [0.15, 0.2) is 57.8 Å². The fraction of sp³-hybridized carbons (Fsp3) is 0.235. The maximum absolute atomic E-state index is 12.2. The van der Waals surface area contributed by atoms with Crippen LogP contribution in [0.2, 0.25) is 0 Å². The zero-order chi connectivity index (χ0) is 15.5. The Bertz CT molecular complexity index is 819. The smallest absolute Gasteiger partial charge is 0.274 e. The first-order chi connectivity index (χ1) is 10.6. The van der Waals surface area contributed by atoms with Gasteiger partial charge in [-0.15, -0.1) is 0 Å². The van der Waals surface area contributed by atoms with Gasteiger partial charge in [-0.25, -0.2) is 0 Å². The summed E-state index contributed by atoms with van der Waals surface area (Å²) in [5, 5.41) is 3.97. The largest absolute Gasteiger partial charge is 0.332 e. The Morgan fingerprint density at radius 3 is 2.55 bits per heavy atom. The van der Waals surface area contributed by atoms with Crippen molar-refractivity contribution in [3.8, 4) is 11.6 Å². The second-order valence-corrected chi connectivity index (χ2v) is 5.43. The van der Waals surface area contributed by atoms with E-state index in [4.69, 9.17) is 4.52 Å². The Morgan fingerprint density at radius 1 is 1.09 bits per heavy atom. The maximum Gasteiger partial charge on any atom is 0.274 e. The molecule has 0 bridgehead atoms. The van der Waals surface area contributed by atoms with Crippen molar-refractivity contribution >= 4 is 0 Å². The van der Waals surface area contributed by atoms with Crippen LogP contribution in [-0.2, 0) is 6.54 Å². The average Bonchev–Trinajstić information content (AvgIpc) is 3.00. The van der Waals surface area contributed by atoms with Crippen molar-refractivity contribution in [3.05, 3.63) is 70.3 Å². The molecule has 0 radical (unpaired) electrons. The second-order valence-electron chi connectivity index (χ2n) is 5.43. The Balaban J connectivity index is 2.04. The lowest BCUT2D eigenvalue weighted by Crippen LogP contribution is -2.21. The quantitative estimate of drug-likeness (QED) is 0.742. The van der Waals surface area contributed by atoms with Gasteiger partial charge in [-0.05, 0) is 11.6 Å². The molecule has 0 atom stereocenters. The molecular weight excluding hydrogens is 278 g/mol. The topological polar surface area (TPSA) is 60.9 Å². The molecule has 0 saturated carbocycles. The van der Waals surface area contributed by atoms with Gasteiger partial charge < -0.3 is 4.52 Å². The van der Waals surface area contributed by atoms with Crippen molar-refractivity contribution in [1.29, 1.82) is 0 Å². The molecule has 3 aromatic rings. The van der Waals surface area contributed by atoms with Crippen molar-refractivity contribution in [2.75, 3.05) is 0 Å². The number of nitrogens with zero attached hydrogens (tertiary/aromatic N) is 3. The standard InChI is InChI=1S/C17H17N3O2/c1-12(2)16-18-17(22-19-16)14-9-6-10-15(21)20(14)11-13-7-4-3-5-8-13/h3-10,12H,11H2,1-2H3. The fourth-order valence-corrected chi connectivity index (χ4v) is 2.21. The molecule has 0 spiro atoms. The Kier molecular flexibility index (Phi) is 3.87. The molecule has 0 aliphatic carbocycles. The predicted octanol–water partition coefficient (Wildman–Crippen LogP) is 3.07. The van der Waals surface area contributed by atoms with Crippen LogP contribution in [0.1, 0.15) is 31.2 Å². The predicted molar refractivity (Wildman–Crippen MR) is 83.6 cm³/mol. The fourth-order valence-electron chi connectivity index (χ4n) is 2.21. The van der Waals surface area contributed by atoms with Gasteiger partial charge in [0.1, 0.15) is 5.69 Å². The van der Waals surface area contributed by atoms with Crippen molar-refractivity contribution in [3.63, 3.8) is 0 Å². The zero-order valence-electron chi connectivity index (χ0n) is 12.6. The number of pyridine rings is 1. The van der Waals surface area contributed by atoms with E-state index in [0.29, 0.717) is 24.0 Å². The van der Waals surface area contributed by atoms with E-state index in [1.54, 1.807) is 10.6 Å². The first-order valence-electron chi connectivity index (χ1n) is 7.23. The van der Waals surface area contributed by atoms with Gasteiger partial charge in [0.15, 0.2) is 5.82 Å². The lowest BCUT2D eigenvalue weighted by atomic mass is 10.2. The van der Waals surface area contributed by atoms with E-state index in [1.807, 2.05) is 50.2 Å². The van der Waals surface area contributed by atoms with Gasteiger partial charge in [-0.1, -0.05) is 55.4 Å². The average molecular weight is 295 g/mol. The summed E-state index contributed by atoms with van der Waals surface area (Å²) < 4.78 is 6.97. The van der Waals surface area contributed by atoms with Gasteiger partial charge >= 0.3 is 0 Å². The summed E-state index contributed by atoms with van der Waals surface area (Å²) in [4.78, 5) is 16.6. The van der Waals surface area contributed by atoms with E-state index in [1.165, 1.54) is 6.07 Å². The highest BCUT2D eigenvalue weighted by Gasteiger charge is 2.15. The first kappa shape index (κ1) is 14.3. The molecule has 2 aromatic heterocycles. The lowest BCUT2D eigenvalue weighted by Gasteiger charge is -2.09. The van der Waals surface area contributed by atoms with Gasteiger partial charge in [-0.3, -0.25) is 9.36 Å². The van der Waals surface area contributed by atoms with E-state index in [2.05, 4.69) is 10.1 Å². The summed E-state index contributed by atoms with van der Waals surface area (Å²) in [7, 11) is 0. The Hall–Kier alpha value is -2.69. The van der Waals surface area contributed by atoms with Crippen molar-refractivity contribution in [2.45, 2.75) is 26.3 Å². The van der Waals surface area contributed by atoms with E-state index in [-0.39, 0.29) is 11.5 Å². The van der Waals surface area contributed by atoms with E-state index in [0.717, 1.165) is 5.56 Å². The van der Waals surface area contributed by atoms with Crippen LogP contribution in [0.3, 0.4) is 0 Å². The van der Waals surface area contributed by atoms with Crippen molar-refractivity contribution in [2.24, 2.45) is 0 Å². The molecule has 1 aromatic carbocycles. The van der Waals surface area contributed by atoms with Crippen LogP contribution in [0, 0.1) is 0 Å². The van der Waals surface area contributed by atoms with Gasteiger partial charge in [0.05, 0.1) is 6.54 Å². The molecule has 0 amide bonds. The third kappa shape index (κ3) is 2.83. The molecule has 0 unspecified atom stereocenters. The van der Waals surface area contributed by atoms with Crippen molar-refractivity contribution in [1.82, 2.24) is 14.7 Å². The summed E-state index contributed by atoms with van der Waals surface area (Å²) >= 11 is 0.